The molecular formula is C10H17F2NS. The minimum Gasteiger partial charge on any atom is -0.295 e. The highest BCUT2D eigenvalue weighted by Crippen LogP contribution is 2.33. The van der Waals surface area contributed by atoms with E-state index in [1.807, 2.05) is 16.7 Å². The first-order valence-electron chi connectivity index (χ1n) is 5.36. The van der Waals surface area contributed by atoms with E-state index in [2.05, 4.69) is 0 Å². The first kappa shape index (κ1) is 10.7. The van der Waals surface area contributed by atoms with Crippen molar-refractivity contribution in [3.63, 3.8) is 0 Å². The van der Waals surface area contributed by atoms with Crippen molar-refractivity contribution in [2.45, 2.75) is 30.9 Å². The van der Waals surface area contributed by atoms with Gasteiger partial charge in [-0.2, -0.15) is 11.8 Å². The maximum Gasteiger partial charge on any atom is 0.251 e. The van der Waals surface area contributed by atoms with Crippen LogP contribution in [-0.4, -0.2) is 42.0 Å². The van der Waals surface area contributed by atoms with Crippen LogP contribution in [0.5, 0.6) is 0 Å². The molecule has 2 fully saturated rings. The van der Waals surface area contributed by atoms with E-state index in [-0.39, 0.29) is 6.54 Å². The fraction of sp³-hybridized carbons (Fsp3) is 1.00. The second-order valence-corrected chi connectivity index (χ2v) is 5.70. The van der Waals surface area contributed by atoms with Crippen molar-refractivity contribution in [2.75, 3.05) is 25.4 Å². The Labute approximate surface area is 88.2 Å². The summed E-state index contributed by atoms with van der Waals surface area (Å²) in [6.07, 6.45) is 2.02. The van der Waals surface area contributed by atoms with Gasteiger partial charge in [-0.1, -0.05) is 6.42 Å². The summed E-state index contributed by atoms with van der Waals surface area (Å²) in [4.78, 5) is 1.85. The van der Waals surface area contributed by atoms with E-state index in [1.54, 1.807) is 0 Å². The van der Waals surface area contributed by atoms with Gasteiger partial charge in [0.25, 0.3) is 6.43 Å². The van der Waals surface area contributed by atoms with Crippen LogP contribution in [0, 0.1) is 5.92 Å². The van der Waals surface area contributed by atoms with Gasteiger partial charge >= 0.3 is 0 Å². The molecule has 0 spiro atoms. The molecule has 2 rings (SSSR count). The quantitative estimate of drug-likeness (QED) is 0.701. The predicted octanol–water partition coefficient (Wildman–Crippen LogP) is 2.47. The summed E-state index contributed by atoms with van der Waals surface area (Å²) in [5.41, 5.74) is 0. The lowest BCUT2D eigenvalue weighted by Crippen LogP contribution is -2.51. The molecule has 0 aromatic carbocycles. The number of likely N-dealkylation sites (tertiary alicyclic amines) is 1. The van der Waals surface area contributed by atoms with E-state index in [9.17, 15) is 8.78 Å². The van der Waals surface area contributed by atoms with Crippen LogP contribution in [0.15, 0.2) is 0 Å². The van der Waals surface area contributed by atoms with E-state index < -0.39 is 6.43 Å². The van der Waals surface area contributed by atoms with Gasteiger partial charge in [0, 0.05) is 18.3 Å². The SMILES string of the molecule is FC(F)CN1CC(SCC2CCC2)C1. The molecule has 82 valence electrons. The van der Waals surface area contributed by atoms with Crippen molar-refractivity contribution in [2.24, 2.45) is 5.92 Å². The average molecular weight is 221 g/mol. The zero-order valence-electron chi connectivity index (χ0n) is 8.29. The average Bonchev–Trinajstić information content (AvgIpc) is 1.95. The molecule has 0 atom stereocenters. The van der Waals surface area contributed by atoms with Gasteiger partial charge in [-0.25, -0.2) is 8.78 Å². The Balaban J connectivity index is 1.50. The van der Waals surface area contributed by atoms with Gasteiger partial charge < -0.3 is 0 Å². The third-order valence-electron chi connectivity index (χ3n) is 3.11. The lowest BCUT2D eigenvalue weighted by molar-refractivity contribution is 0.0620. The van der Waals surface area contributed by atoms with Crippen molar-refractivity contribution in [3.8, 4) is 0 Å². The van der Waals surface area contributed by atoms with E-state index in [0.29, 0.717) is 5.25 Å². The molecule has 0 N–H and O–H groups in total. The van der Waals surface area contributed by atoms with E-state index in [0.717, 1.165) is 19.0 Å². The van der Waals surface area contributed by atoms with Crippen LogP contribution >= 0.6 is 11.8 Å². The molecule has 14 heavy (non-hydrogen) atoms. The predicted molar refractivity (Wildman–Crippen MR) is 56.0 cm³/mol. The summed E-state index contributed by atoms with van der Waals surface area (Å²) in [7, 11) is 0. The van der Waals surface area contributed by atoms with Crippen LogP contribution < -0.4 is 0 Å². The van der Waals surface area contributed by atoms with Crippen LogP contribution in [0.2, 0.25) is 0 Å². The van der Waals surface area contributed by atoms with Crippen molar-refractivity contribution in [1.29, 1.82) is 0 Å². The molecule has 0 amide bonds. The Bertz CT molecular complexity index is 179. The van der Waals surface area contributed by atoms with Crippen LogP contribution in [-0.2, 0) is 0 Å². The molecule has 1 nitrogen and oxygen atoms in total. The number of hydrogen-bond acceptors (Lipinski definition) is 2. The number of halogens is 2. The van der Waals surface area contributed by atoms with Crippen LogP contribution in [0.25, 0.3) is 0 Å². The summed E-state index contributed by atoms with van der Waals surface area (Å²) in [6.45, 7) is 1.73. The lowest BCUT2D eigenvalue weighted by atomic mass is 9.87. The summed E-state index contributed by atoms with van der Waals surface area (Å²) in [6, 6.07) is 0. The molecule has 0 aromatic rings. The van der Waals surface area contributed by atoms with Crippen molar-refractivity contribution < 1.29 is 8.78 Å². The second-order valence-electron chi connectivity index (χ2n) is 4.36. The van der Waals surface area contributed by atoms with E-state index in [1.165, 1.54) is 25.0 Å². The minimum atomic E-state index is -2.16. The maximum atomic E-state index is 12.0. The Morgan fingerprint density at radius 2 is 2.00 bits per heavy atom. The molecular weight excluding hydrogens is 204 g/mol. The molecule has 0 bridgehead atoms. The normalized spacial score (nSPS) is 25.1. The monoisotopic (exact) mass is 221 g/mol. The number of rotatable bonds is 5. The molecule has 1 saturated heterocycles. The molecule has 4 heteroatoms. The number of hydrogen-bond donors (Lipinski definition) is 0. The fourth-order valence-corrected chi connectivity index (χ4v) is 3.41. The van der Waals surface area contributed by atoms with Crippen LogP contribution in [0.1, 0.15) is 19.3 Å². The van der Waals surface area contributed by atoms with Gasteiger partial charge in [0.05, 0.1) is 6.54 Å². The van der Waals surface area contributed by atoms with E-state index >= 15 is 0 Å². The van der Waals surface area contributed by atoms with Gasteiger partial charge in [-0.15, -0.1) is 0 Å². The molecule has 0 radical (unpaired) electrons. The molecule has 1 saturated carbocycles. The van der Waals surface area contributed by atoms with Crippen molar-refractivity contribution in [3.05, 3.63) is 0 Å². The molecule has 1 heterocycles. The van der Waals surface area contributed by atoms with Gasteiger partial charge in [-0.3, -0.25) is 4.90 Å². The standard InChI is InChI=1S/C10H17F2NS/c11-10(12)6-13-4-9(5-13)14-7-8-2-1-3-8/h8-10H,1-7H2. The highest BCUT2D eigenvalue weighted by atomic mass is 32.2. The highest BCUT2D eigenvalue weighted by Gasteiger charge is 2.30. The second kappa shape index (κ2) is 4.79. The number of nitrogens with zero attached hydrogens (tertiary/aromatic N) is 1. The van der Waals surface area contributed by atoms with E-state index in [4.69, 9.17) is 0 Å². The first-order valence-corrected chi connectivity index (χ1v) is 6.41. The largest absolute Gasteiger partial charge is 0.295 e. The van der Waals surface area contributed by atoms with Gasteiger partial charge in [0.1, 0.15) is 0 Å². The molecule has 1 aliphatic heterocycles. The number of alkyl halides is 2. The molecule has 1 aliphatic carbocycles. The minimum absolute atomic E-state index is 0.0273. The Kier molecular flexibility index (Phi) is 3.66. The van der Waals surface area contributed by atoms with Gasteiger partial charge in [-0.05, 0) is 24.5 Å². The lowest BCUT2D eigenvalue weighted by Gasteiger charge is -2.39. The van der Waals surface area contributed by atoms with Crippen molar-refractivity contribution in [1.82, 2.24) is 4.90 Å². The molecule has 0 unspecified atom stereocenters. The Morgan fingerprint density at radius 3 is 2.50 bits per heavy atom. The topological polar surface area (TPSA) is 3.24 Å². The van der Waals surface area contributed by atoms with Gasteiger partial charge in [0.2, 0.25) is 0 Å². The fourth-order valence-electron chi connectivity index (χ4n) is 1.90. The van der Waals surface area contributed by atoms with Gasteiger partial charge in [0.15, 0.2) is 0 Å². The van der Waals surface area contributed by atoms with Crippen LogP contribution in [0.3, 0.4) is 0 Å². The highest BCUT2D eigenvalue weighted by molar-refractivity contribution is 8.00. The summed E-state index contributed by atoms with van der Waals surface area (Å²) in [5.74, 6) is 2.19. The Hall–Kier alpha value is 0.170. The first-order chi connectivity index (χ1) is 6.74. The van der Waals surface area contributed by atoms with Crippen molar-refractivity contribution >= 4 is 11.8 Å². The summed E-state index contributed by atoms with van der Waals surface area (Å²) >= 11 is 1.99. The number of thioether (sulfide) groups is 1. The summed E-state index contributed by atoms with van der Waals surface area (Å²) in [5, 5.41) is 0.634. The maximum absolute atomic E-state index is 12.0. The smallest absolute Gasteiger partial charge is 0.251 e. The zero-order valence-corrected chi connectivity index (χ0v) is 9.11. The zero-order chi connectivity index (χ0) is 9.97. The molecule has 0 aromatic heterocycles. The van der Waals surface area contributed by atoms with Crippen LogP contribution in [0.4, 0.5) is 8.78 Å². The molecule has 2 aliphatic rings. The third kappa shape index (κ3) is 2.83. The summed E-state index contributed by atoms with van der Waals surface area (Å²) < 4.78 is 23.9. The third-order valence-corrected chi connectivity index (χ3v) is 4.55. The Morgan fingerprint density at radius 1 is 1.29 bits per heavy atom.